The summed E-state index contributed by atoms with van der Waals surface area (Å²) in [5.74, 6) is 0.354. The lowest BCUT2D eigenvalue weighted by Gasteiger charge is -2.05. The lowest BCUT2D eigenvalue weighted by Crippen LogP contribution is -1.95. The molecule has 0 amide bonds. The lowest BCUT2D eigenvalue weighted by molar-refractivity contribution is -0.118. The number of carbonyl (C=O) groups excluding carboxylic acids is 1. The molecule has 0 saturated heterocycles. The highest BCUT2D eigenvalue weighted by Gasteiger charge is 2.14. The highest BCUT2D eigenvalue weighted by atomic mass is 35.5. The Morgan fingerprint density at radius 1 is 1.08 bits per heavy atom. The topological polar surface area (TPSA) is 17.1 Å². The molecule has 0 heterocycles. The van der Waals surface area contributed by atoms with Crippen LogP contribution in [0.15, 0.2) is 18.2 Å². The molecule has 0 radical (unpaired) electrons. The molecule has 13 heavy (non-hydrogen) atoms. The van der Waals surface area contributed by atoms with Crippen LogP contribution in [-0.2, 0) is 17.6 Å². The Labute approximate surface area is 82.7 Å². The fraction of sp³-hybridized carbons (Fsp3) is 0.364. The highest BCUT2D eigenvalue weighted by molar-refractivity contribution is 6.31. The van der Waals surface area contributed by atoms with E-state index in [-0.39, 0.29) is 0 Å². The largest absolute Gasteiger partial charge is 0.300 e. The number of aryl methyl sites for hydroxylation is 1. The highest BCUT2D eigenvalue weighted by Crippen LogP contribution is 2.25. The molecule has 0 fully saturated rings. The summed E-state index contributed by atoms with van der Waals surface area (Å²) in [4.78, 5) is 11.2. The molecule has 1 aromatic rings. The summed E-state index contributed by atoms with van der Waals surface area (Å²) in [7, 11) is 0. The van der Waals surface area contributed by atoms with Gasteiger partial charge in [-0.1, -0.05) is 23.7 Å². The Morgan fingerprint density at radius 3 is 2.69 bits per heavy atom. The third kappa shape index (κ3) is 1.75. The number of benzene rings is 1. The van der Waals surface area contributed by atoms with Gasteiger partial charge in [0, 0.05) is 17.9 Å². The van der Waals surface area contributed by atoms with Crippen LogP contribution < -0.4 is 0 Å². The summed E-state index contributed by atoms with van der Waals surface area (Å²) in [5, 5.41) is 0.812. The molecule has 0 bridgehead atoms. The van der Waals surface area contributed by atoms with Gasteiger partial charge >= 0.3 is 0 Å². The van der Waals surface area contributed by atoms with E-state index in [1.165, 1.54) is 11.1 Å². The SMILES string of the molecule is O=C1CCc2cccc(Cl)c2CC1. The monoisotopic (exact) mass is 194 g/mol. The summed E-state index contributed by atoms with van der Waals surface area (Å²) < 4.78 is 0. The zero-order valence-electron chi connectivity index (χ0n) is 7.35. The van der Waals surface area contributed by atoms with E-state index < -0.39 is 0 Å². The summed E-state index contributed by atoms with van der Waals surface area (Å²) in [5.41, 5.74) is 2.42. The third-order valence-electron chi connectivity index (χ3n) is 2.54. The van der Waals surface area contributed by atoms with Crippen molar-refractivity contribution >= 4 is 17.4 Å². The van der Waals surface area contributed by atoms with E-state index in [1.807, 2.05) is 12.1 Å². The van der Waals surface area contributed by atoms with Crippen molar-refractivity contribution in [1.82, 2.24) is 0 Å². The fourth-order valence-corrected chi connectivity index (χ4v) is 2.07. The van der Waals surface area contributed by atoms with Gasteiger partial charge in [0.1, 0.15) is 5.78 Å². The van der Waals surface area contributed by atoms with Gasteiger partial charge in [-0.05, 0) is 30.0 Å². The fourth-order valence-electron chi connectivity index (χ4n) is 1.78. The van der Waals surface area contributed by atoms with Crippen molar-refractivity contribution in [3.05, 3.63) is 34.3 Å². The van der Waals surface area contributed by atoms with E-state index in [2.05, 4.69) is 6.07 Å². The Bertz CT molecular complexity index is 344. The quantitative estimate of drug-likeness (QED) is 0.581. The predicted molar refractivity (Wildman–Crippen MR) is 53.1 cm³/mol. The summed E-state index contributed by atoms with van der Waals surface area (Å²) >= 11 is 6.05. The third-order valence-corrected chi connectivity index (χ3v) is 2.90. The first-order valence-electron chi connectivity index (χ1n) is 4.55. The van der Waals surface area contributed by atoms with Crippen molar-refractivity contribution in [1.29, 1.82) is 0 Å². The van der Waals surface area contributed by atoms with Gasteiger partial charge in [0.2, 0.25) is 0 Å². The standard InChI is InChI=1S/C11H11ClO/c12-11-3-1-2-8-4-5-9(13)6-7-10(8)11/h1-3H,4-7H2. The first-order chi connectivity index (χ1) is 6.27. The minimum atomic E-state index is 0.354. The van der Waals surface area contributed by atoms with Crippen LogP contribution in [0.4, 0.5) is 0 Å². The first-order valence-corrected chi connectivity index (χ1v) is 4.93. The van der Waals surface area contributed by atoms with E-state index >= 15 is 0 Å². The number of Topliss-reactive ketones (excluding diaryl/α,β-unsaturated/α-hetero) is 1. The van der Waals surface area contributed by atoms with E-state index in [4.69, 9.17) is 11.6 Å². The average molecular weight is 195 g/mol. The average Bonchev–Trinajstić information content (AvgIpc) is 2.30. The molecular formula is C11H11ClO. The molecule has 1 aliphatic carbocycles. The molecule has 2 rings (SSSR count). The Balaban J connectivity index is 2.40. The Morgan fingerprint density at radius 2 is 1.85 bits per heavy atom. The summed E-state index contributed by atoms with van der Waals surface area (Å²) in [6.45, 7) is 0. The van der Waals surface area contributed by atoms with Crippen molar-refractivity contribution < 1.29 is 4.79 Å². The van der Waals surface area contributed by atoms with Crippen LogP contribution in [0, 0.1) is 0 Å². The van der Waals surface area contributed by atoms with E-state index in [9.17, 15) is 4.79 Å². The van der Waals surface area contributed by atoms with Crippen LogP contribution in [0.1, 0.15) is 24.0 Å². The number of halogens is 1. The molecule has 0 spiro atoms. The second kappa shape index (κ2) is 3.51. The molecule has 0 atom stereocenters. The predicted octanol–water partition coefficient (Wildman–Crippen LogP) is 2.79. The van der Waals surface area contributed by atoms with Crippen LogP contribution in [0.5, 0.6) is 0 Å². The van der Waals surface area contributed by atoms with Gasteiger partial charge in [-0.25, -0.2) is 0 Å². The van der Waals surface area contributed by atoms with Gasteiger partial charge in [0.25, 0.3) is 0 Å². The smallest absolute Gasteiger partial charge is 0.133 e. The number of hydrogen-bond acceptors (Lipinski definition) is 1. The summed E-state index contributed by atoms with van der Waals surface area (Å²) in [6.07, 6.45) is 2.99. The zero-order chi connectivity index (χ0) is 9.26. The number of fused-ring (bicyclic) bond motifs is 1. The Kier molecular flexibility index (Phi) is 2.36. The number of rotatable bonds is 0. The molecule has 0 aromatic heterocycles. The van der Waals surface area contributed by atoms with Gasteiger partial charge < -0.3 is 0 Å². The number of hydrogen-bond donors (Lipinski definition) is 0. The second-order valence-corrected chi connectivity index (χ2v) is 3.82. The van der Waals surface area contributed by atoms with Crippen molar-refractivity contribution in [3.63, 3.8) is 0 Å². The van der Waals surface area contributed by atoms with Crippen molar-refractivity contribution in [2.24, 2.45) is 0 Å². The summed E-state index contributed by atoms with van der Waals surface area (Å²) in [6, 6.07) is 5.92. The maximum Gasteiger partial charge on any atom is 0.133 e. The van der Waals surface area contributed by atoms with E-state index in [0.29, 0.717) is 18.6 Å². The minimum Gasteiger partial charge on any atom is -0.300 e. The van der Waals surface area contributed by atoms with Crippen LogP contribution in [0.2, 0.25) is 5.02 Å². The van der Waals surface area contributed by atoms with Crippen molar-refractivity contribution in [2.45, 2.75) is 25.7 Å². The molecule has 1 aliphatic rings. The molecule has 1 nitrogen and oxygen atoms in total. The zero-order valence-corrected chi connectivity index (χ0v) is 8.10. The maximum atomic E-state index is 11.2. The van der Waals surface area contributed by atoms with E-state index in [0.717, 1.165) is 17.9 Å². The number of ketones is 1. The number of carbonyl (C=O) groups is 1. The van der Waals surface area contributed by atoms with Crippen molar-refractivity contribution in [3.8, 4) is 0 Å². The van der Waals surface area contributed by atoms with Gasteiger partial charge in [0.15, 0.2) is 0 Å². The van der Waals surface area contributed by atoms with Gasteiger partial charge in [-0.2, -0.15) is 0 Å². The normalized spacial score (nSPS) is 16.5. The van der Waals surface area contributed by atoms with Gasteiger partial charge in [0.05, 0.1) is 0 Å². The van der Waals surface area contributed by atoms with Crippen LogP contribution in [0.3, 0.4) is 0 Å². The molecule has 2 heteroatoms. The molecule has 1 aromatic carbocycles. The van der Waals surface area contributed by atoms with Crippen LogP contribution in [0.25, 0.3) is 0 Å². The van der Waals surface area contributed by atoms with E-state index in [1.54, 1.807) is 0 Å². The van der Waals surface area contributed by atoms with Crippen molar-refractivity contribution in [2.75, 3.05) is 0 Å². The molecule has 68 valence electrons. The minimum absolute atomic E-state index is 0.354. The maximum absolute atomic E-state index is 11.2. The molecule has 0 saturated carbocycles. The van der Waals surface area contributed by atoms with Crippen LogP contribution >= 0.6 is 11.6 Å². The van der Waals surface area contributed by atoms with Gasteiger partial charge in [-0.15, -0.1) is 0 Å². The van der Waals surface area contributed by atoms with Gasteiger partial charge in [-0.3, -0.25) is 4.79 Å². The first kappa shape index (κ1) is 8.76. The molecule has 0 unspecified atom stereocenters. The molecule has 0 aliphatic heterocycles. The molecule has 0 N–H and O–H groups in total. The Hall–Kier alpha value is -0.820. The lowest BCUT2D eigenvalue weighted by atomic mass is 10.0. The van der Waals surface area contributed by atoms with Crippen LogP contribution in [-0.4, -0.2) is 5.78 Å². The molecular weight excluding hydrogens is 184 g/mol. The second-order valence-electron chi connectivity index (χ2n) is 3.42.